The number of nitrogens with two attached hydrogens (primary N) is 1. The number of hydrogen-bond acceptors (Lipinski definition) is 3. The molecule has 1 aliphatic rings. The van der Waals surface area contributed by atoms with Crippen LogP contribution in [0, 0.1) is 0 Å². The van der Waals surface area contributed by atoms with E-state index in [2.05, 4.69) is 0 Å². The van der Waals surface area contributed by atoms with Crippen LogP contribution in [0.1, 0.15) is 0 Å². The lowest BCUT2D eigenvalue weighted by Gasteiger charge is -2.15. The van der Waals surface area contributed by atoms with Gasteiger partial charge in [-0.25, -0.2) is 12.7 Å². The van der Waals surface area contributed by atoms with E-state index in [0.717, 1.165) is 0 Å². The van der Waals surface area contributed by atoms with Gasteiger partial charge >= 0.3 is 0 Å². The van der Waals surface area contributed by atoms with Crippen LogP contribution in [0.25, 0.3) is 0 Å². The van der Waals surface area contributed by atoms with Gasteiger partial charge < -0.3 is 5.73 Å². The van der Waals surface area contributed by atoms with Crippen molar-refractivity contribution < 1.29 is 8.42 Å². The number of hydrogen-bond donors (Lipinski definition) is 1. The molecular weight excluding hydrogens is 236 g/mol. The van der Waals surface area contributed by atoms with Crippen molar-refractivity contribution in [1.82, 2.24) is 4.31 Å². The van der Waals surface area contributed by atoms with Gasteiger partial charge in [-0.3, -0.25) is 0 Å². The van der Waals surface area contributed by atoms with Crippen molar-refractivity contribution in [3.05, 3.63) is 61.0 Å². The summed E-state index contributed by atoms with van der Waals surface area (Å²) in [7, 11) is -3.54. The first kappa shape index (κ1) is 11.5. The highest BCUT2D eigenvalue weighted by atomic mass is 32.2. The maximum absolute atomic E-state index is 12.2. The molecule has 1 heterocycles. The van der Waals surface area contributed by atoms with Crippen LogP contribution < -0.4 is 5.73 Å². The summed E-state index contributed by atoms with van der Waals surface area (Å²) in [6, 6.07) is 6.11. The van der Waals surface area contributed by atoms with E-state index in [-0.39, 0.29) is 4.90 Å². The maximum Gasteiger partial charge on any atom is 0.267 e. The summed E-state index contributed by atoms with van der Waals surface area (Å²) in [4.78, 5) is 0.211. The second-order valence-corrected chi connectivity index (χ2v) is 5.32. The van der Waals surface area contributed by atoms with Crippen LogP contribution in [0.2, 0.25) is 0 Å². The van der Waals surface area contributed by atoms with Gasteiger partial charge in [0, 0.05) is 18.1 Å². The predicted octanol–water partition coefficient (Wildman–Crippen LogP) is 1.86. The SMILES string of the molecule is Nc1ccc(S(=O)(=O)N2C=CC=CC=C2)cc1. The number of anilines is 1. The Balaban J connectivity index is 2.39. The molecule has 0 saturated heterocycles. The van der Waals surface area contributed by atoms with Crippen molar-refractivity contribution in [3.8, 4) is 0 Å². The fraction of sp³-hybridized carbons (Fsp3) is 0. The van der Waals surface area contributed by atoms with Gasteiger partial charge in [0.15, 0.2) is 0 Å². The maximum atomic E-state index is 12.2. The highest BCUT2D eigenvalue weighted by Crippen LogP contribution is 2.18. The van der Waals surface area contributed by atoms with Crippen LogP contribution in [-0.4, -0.2) is 12.7 Å². The number of benzene rings is 1. The molecule has 0 aromatic heterocycles. The van der Waals surface area contributed by atoms with Gasteiger partial charge in [0.25, 0.3) is 10.0 Å². The lowest BCUT2D eigenvalue weighted by Crippen LogP contribution is -2.20. The molecule has 1 aromatic rings. The standard InChI is InChI=1S/C12H12N2O2S/c13-11-5-7-12(8-6-11)17(15,16)14-9-3-1-2-4-10-14/h1-10H,13H2. The second kappa shape index (κ2) is 4.47. The summed E-state index contributed by atoms with van der Waals surface area (Å²) < 4.78 is 25.6. The second-order valence-electron chi connectivity index (χ2n) is 3.47. The van der Waals surface area contributed by atoms with Gasteiger partial charge in [-0.1, -0.05) is 12.2 Å². The highest BCUT2D eigenvalue weighted by Gasteiger charge is 2.19. The molecule has 0 atom stereocenters. The molecule has 4 nitrogen and oxygen atoms in total. The van der Waals surface area contributed by atoms with E-state index in [9.17, 15) is 8.42 Å². The van der Waals surface area contributed by atoms with Gasteiger partial charge in [0.05, 0.1) is 4.90 Å². The molecule has 0 spiro atoms. The lowest BCUT2D eigenvalue weighted by molar-refractivity contribution is 0.553. The molecule has 0 aliphatic carbocycles. The number of allylic oxidation sites excluding steroid dienone is 4. The Morgan fingerprint density at radius 3 is 1.94 bits per heavy atom. The smallest absolute Gasteiger partial charge is 0.267 e. The van der Waals surface area contributed by atoms with E-state index in [1.54, 1.807) is 36.4 Å². The summed E-state index contributed by atoms with van der Waals surface area (Å²) in [6.45, 7) is 0. The van der Waals surface area contributed by atoms with E-state index in [1.807, 2.05) is 0 Å². The average Bonchev–Trinajstić information content (AvgIpc) is 2.58. The van der Waals surface area contributed by atoms with Gasteiger partial charge in [-0.05, 0) is 36.4 Å². The minimum absolute atomic E-state index is 0.211. The molecule has 2 N–H and O–H groups in total. The summed E-state index contributed by atoms with van der Waals surface area (Å²) in [5, 5.41) is 0. The third kappa shape index (κ3) is 2.39. The van der Waals surface area contributed by atoms with Gasteiger partial charge in [0.1, 0.15) is 0 Å². The normalized spacial score (nSPS) is 14.9. The Hall–Kier alpha value is -2.01. The molecule has 0 bridgehead atoms. The Morgan fingerprint density at radius 2 is 1.41 bits per heavy atom. The van der Waals surface area contributed by atoms with Crippen molar-refractivity contribution >= 4 is 15.7 Å². The van der Waals surface area contributed by atoms with E-state index < -0.39 is 10.0 Å². The van der Waals surface area contributed by atoms with Crippen molar-refractivity contribution in [3.63, 3.8) is 0 Å². The topological polar surface area (TPSA) is 63.4 Å². The van der Waals surface area contributed by atoms with Crippen LogP contribution in [0.15, 0.2) is 65.9 Å². The Bertz CT molecular complexity index is 567. The van der Waals surface area contributed by atoms with Crippen LogP contribution in [0.5, 0.6) is 0 Å². The fourth-order valence-corrected chi connectivity index (χ4v) is 2.55. The Kier molecular flexibility index (Phi) is 3.01. The zero-order valence-electron chi connectivity index (χ0n) is 9.02. The molecule has 2 rings (SSSR count). The molecule has 5 heteroatoms. The molecule has 0 amide bonds. The van der Waals surface area contributed by atoms with Crippen molar-refractivity contribution in [2.45, 2.75) is 4.90 Å². The Labute approximate surface area is 100 Å². The van der Waals surface area contributed by atoms with Gasteiger partial charge in [-0.2, -0.15) is 0 Å². The highest BCUT2D eigenvalue weighted by molar-refractivity contribution is 7.89. The molecule has 0 fully saturated rings. The van der Waals surface area contributed by atoms with Crippen LogP contribution >= 0.6 is 0 Å². The quantitative estimate of drug-likeness (QED) is 0.812. The van der Waals surface area contributed by atoms with Crippen LogP contribution in [0.3, 0.4) is 0 Å². The summed E-state index contributed by atoms with van der Waals surface area (Å²) in [5.74, 6) is 0. The van der Waals surface area contributed by atoms with E-state index in [0.29, 0.717) is 5.69 Å². The van der Waals surface area contributed by atoms with E-state index in [4.69, 9.17) is 5.73 Å². The van der Waals surface area contributed by atoms with Crippen LogP contribution in [-0.2, 0) is 10.0 Å². The molecule has 17 heavy (non-hydrogen) atoms. The first-order chi connectivity index (χ1) is 8.10. The lowest BCUT2D eigenvalue weighted by atomic mass is 10.3. The monoisotopic (exact) mass is 248 g/mol. The molecule has 1 aromatic carbocycles. The average molecular weight is 248 g/mol. The minimum atomic E-state index is -3.54. The third-order valence-corrected chi connectivity index (χ3v) is 3.92. The number of rotatable bonds is 2. The molecule has 0 radical (unpaired) electrons. The van der Waals surface area contributed by atoms with Gasteiger partial charge in [0.2, 0.25) is 0 Å². The zero-order chi connectivity index (χ0) is 12.3. The molecule has 88 valence electrons. The summed E-state index contributed by atoms with van der Waals surface area (Å²) in [5.41, 5.74) is 6.06. The number of nitrogens with zero attached hydrogens (tertiary/aromatic N) is 1. The van der Waals surface area contributed by atoms with E-state index in [1.165, 1.54) is 28.8 Å². The van der Waals surface area contributed by atoms with Gasteiger partial charge in [-0.15, -0.1) is 0 Å². The summed E-state index contributed by atoms with van der Waals surface area (Å²) >= 11 is 0. The van der Waals surface area contributed by atoms with Crippen molar-refractivity contribution in [2.24, 2.45) is 0 Å². The van der Waals surface area contributed by atoms with E-state index >= 15 is 0 Å². The number of nitrogen functional groups attached to an aromatic ring is 1. The molecule has 0 saturated carbocycles. The first-order valence-electron chi connectivity index (χ1n) is 5.01. The summed E-state index contributed by atoms with van der Waals surface area (Å²) in [6.07, 6.45) is 9.82. The minimum Gasteiger partial charge on any atom is -0.399 e. The van der Waals surface area contributed by atoms with Crippen LogP contribution in [0.4, 0.5) is 5.69 Å². The molecule has 0 unspecified atom stereocenters. The largest absolute Gasteiger partial charge is 0.399 e. The molecular formula is C12H12N2O2S. The third-order valence-electron chi connectivity index (χ3n) is 2.25. The number of sulfonamides is 1. The van der Waals surface area contributed by atoms with Crippen molar-refractivity contribution in [2.75, 3.05) is 5.73 Å². The fourth-order valence-electron chi connectivity index (χ4n) is 1.37. The Morgan fingerprint density at radius 1 is 0.882 bits per heavy atom. The zero-order valence-corrected chi connectivity index (χ0v) is 9.84. The molecule has 1 aliphatic heterocycles. The van der Waals surface area contributed by atoms with Crippen molar-refractivity contribution in [1.29, 1.82) is 0 Å². The predicted molar refractivity (Wildman–Crippen MR) is 67.3 cm³/mol. The first-order valence-corrected chi connectivity index (χ1v) is 6.45.